The van der Waals surface area contributed by atoms with Crippen LogP contribution in [0.2, 0.25) is 0 Å². The molecule has 2 atom stereocenters. The number of piperidine rings is 1. The van der Waals surface area contributed by atoms with Gasteiger partial charge in [-0.1, -0.05) is 49.0 Å². The standard InChI is InChI=1S/C21H24N6OS/c1-15-11-16(2)13-26(12-15)20(28)19-18(14-29-21-22-9-6-10-23-21)27(25-24-19)17-7-4-3-5-8-17/h3-10,15-16H,11-14H2,1-2H3. The maximum atomic E-state index is 13.3. The molecule has 1 aliphatic heterocycles. The zero-order valence-electron chi connectivity index (χ0n) is 16.6. The Morgan fingerprint density at radius 2 is 1.76 bits per heavy atom. The highest BCUT2D eigenvalue weighted by atomic mass is 32.2. The van der Waals surface area contributed by atoms with Gasteiger partial charge in [0.25, 0.3) is 5.91 Å². The second kappa shape index (κ2) is 8.73. The molecule has 0 N–H and O–H groups in total. The summed E-state index contributed by atoms with van der Waals surface area (Å²) in [6.45, 7) is 5.91. The molecule has 3 heterocycles. The molecule has 0 radical (unpaired) electrons. The molecule has 3 aromatic rings. The monoisotopic (exact) mass is 408 g/mol. The van der Waals surface area contributed by atoms with Crippen LogP contribution >= 0.6 is 11.8 Å². The Balaban J connectivity index is 1.66. The zero-order valence-corrected chi connectivity index (χ0v) is 17.4. The van der Waals surface area contributed by atoms with E-state index < -0.39 is 0 Å². The summed E-state index contributed by atoms with van der Waals surface area (Å²) in [4.78, 5) is 23.8. The number of para-hydroxylation sites is 1. The Morgan fingerprint density at radius 1 is 1.07 bits per heavy atom. The highest BCUT2D eigenvalue weighted by Crippen LogP contribution is 2.26. The van der Waals surface area contributed by atoms with Crippen LogP contribution in [0.3, 0.4) is 0 Å². The van der Waals surface area contributed by atoms with E-state index in [9.17, 15) is 4.79 Å². The SMILES string of the molecule is CC1CC(C)CN(C(=O)c2nnn(-c3ccccc3)c2CSc2ncccn2)C1. The highest BCUT2D eigenvalue weighted by molar-refractivity contribution is 7.98. The molecule has 2 unspecified atom stereocenters. The lowest BCUT2D eigenvalue weighted by molar-refractivity contribution is 0.0616. The summed E-state index contributed by atoms with van der Waals surface area (Å²) in [5.41, 5.74) is 2.06. The Hall–Kier alpha value is -2.74. The molecule has 0 aliphatic carbocycles. The Morgan fingerprint density at radius 3 is 2.45 bits per heavy atom. The molecule has 8 heteroatoms. The van der Waals surface area contributed by atoms with Crippen molar-refractivity contribution in [1.29, 1.82) is 0 Å². The number of nitrogens with zero attached hydrogens (tertiary/aromatic N) is 6. The Bertz CT molecular complexity index is 952. The van der Waals surface area contributed by atoms with E-state index in [1.54, 1.807) is 23.1 Å². The lowest BCUT2D eigenvalue weighted by atomic mass is 9.91. The van der Waals surface area contributed by atoms with E-state index in [4.69, 9.17) is 0 Å². The average molecular weight is 409 g/mol. The molecule has 4 rings (SSSR count). The first-order chi connectivity index (χ1) is 14.1. The van der Waals surface area contributed by atoms with E-state index in [0.29, 0.717) is 28.4 Å². The topological polar surface area (TPSA) is 76.8 Å². The molecule has 7 nitrogen and oxygen atoms in total. The maximum Gasteiger partial charge on any atom is 0.276 e. The molecule has 0 saturated carbocycles. The van der Waals surface area contributed by atoms with Crippen LogP contribution in [0.15, 0.2) is 53.9 Å². The molecule has 1 aliphatic rings. The van der Waals surface area contributed by atoms with E-state index in [0.717, 1.165) is 30.9 Å². The van der Waals surface area contributed by atoms with Gasteiger partial charge in [-0.2, -0.15) is 0 Å². The van der Waals surface area contributed by atoms with Gasteiger partial charge in [-0.25, -0.2) is 14.6 Å². The lowest BCUT2D eigenvalue weighted by Crippen LogP contribution is -2.43. The van der Waals surface area contributed by atoms with Crippen LogP contribution in [0.4, 0.5) is 0 Å². The number of hydrogen-bond donors (Lipinski definition) is 0. The zero-order chi connectivity index (χ0) is 20.2. The fraction of sp³-hybridized carbons (Fsp3) is 0.381. The number of amides is 1. The van der Waals surface area contributed by atoms with Gasteiger partial charge < -0.3 is 4.90 Å². The van der Waals surface area contributed by atoms with Crippen LogP contribution in [0.25, 0.3) is 5.69 Å². The molecular weight excluding hydrogens is 384 g/mol. The minimum atomic E-state index is -0.0461. The summed E-state index contributed by atoms with van der Waals surface area (Å²) in [5, 5.41) is 9.27. The lowest BCUT2D eigenvalue weighted by Gasteiger charge is -2.34. The summed E-state index contributed by atoms with van der Waals surface area (Å²) >= 11 is 1.47. The van der Waals surface area contributed by atoms with Crippen LogP contribution in [0.1, 0.15) is 36.5 Å². The summed E-state index contributed by atoms with van der Waals surface area (Å²) in [7, 11) is 0. The minimum absolute atomic E-state index is 0.0461. The van der Waals surface area contributed by atoms with Crippen molar-refractivity contribution < 1.29 is 4.79 Å². The summed E-state index contributed by atoms with van der Waals surface area (Å²) in [5.74, 6) is 1.44. The summed E-state index contributed by atoms with van der Waals surface area (Å²) < 4.78 is 1.75. The number of rotatable bonds is 5. The number of likely N-dealkylation sites (tertiary alicyclic amines) is 1. The molecule has 1 fully saturated rings. The Kier molecular flexibility index (Phi) is 5.89. The maximum absolute atomic E-state index is 13.3. The van der Waals surface area contributed by atoms with E-state index in [1.165, 1.54) is 11.8 Å². The number of thioether (sulfide) groups is 1. The van der Waals surface area contributed by atoms with Gasteiger partial charge in [-0.3, -0.25) is 4.79 Å². The normalized spacial score (nSPS) is 19.3. The number of hydrogen-bond acceptors (Lipinski definition) is 6. The van der Waals surface area contributed by atoms with Gasteiger partial charge in [-0.15, -0.1) is 5.10 Å². The van der Waals surface area contributed by atoms with Crippen molar-refractivity contribution in [2.45, 2.75) is 31.2 Å². The second-order valence-electron chi connectivity index (χ2n) is 7.61. The third kappa shape index (κ3) is 4.48. The van der Waals surface area contributed by atoms with Gasteiger partial charge in [0.15, 0.2) is 10.9 Å². The van der Waals surface area contributed by atoms with Crippen LogP contribution in [0, 0.1) is 11.8 Å². The first kappa shape index (κ1) is 19.6. The largest absolute Gasteiger partial charge is 0.337 e. The first-order valence-electron chi connectivity index (χ1n) is 9.81. The third-order valence-electron chi connectivity index (χ3n) is 5.00. The van der Waals surface area contributed by atoms with Crippen molar-refractivity contribution in [3.63, 3.8) is 0 Å². The highest BCUT2D eigenvalue weighted by Gasteiger charge is 2.30. The van der Waals surface area contributed by atoms with Gasteiger partial charge in [0.1, 0.15) is 0 Å². The van der Waals surface area contributed by atoms with Gasteiger partial charge in [0.2, 0.25) is 0 Å². The van der Waals surface area contributed by atoms with Gasteiger partial charge in [-0.05, 0) is 36.5 Å². The predicted molar refractivity (Wildman–Crippen MR) is 112 cm³/mol. The second-order valence-corrected chi connectivity index (χ2v) is 8.55. The predicted octanol–water partition coefficient (Wildman–Crippen LogP) is 3.47. The van der Waals surface area contributed by atoms with Crippen molar-refractivity contribution >= 4 is 17.7 Å². The first-order valence-corrected chi connectivity index (χ1v) is 10.8. The quantitative estimate of drug-likeness (QED) is 0.475. The molecular formula is C21H24N6OS. The minimum Gasteiger partial charge on any atom is -0.337 e. The number of carbonyl (C=O) groups excluding carboxylic acids is 1. The van der Waals surface area contributed by atoms with Crippen LogP contribution < -0.4 is 0 Å². The number of carbonyl (C=O) groups is 1. The molecule has 2 aromatic heterocycles. The molecule has 29 heavy (non-hydrogen) atoms. The van der Waals surface area contributed by atoms with Crippen LogP contribution in [-0.4, -0.2) is 48.9 Å². The van der Waals surface area contributed by atoms with Crippen LogP contribution in [-0.2, 0) is 5.75 Å². The van der Waals surface area contributed by atoms with E-state index in [2.05, 4.69) is 34.1 Å². The molecule has 0 bridgehead atoms. The van der Waals surface area contributed by atoms with E-state index >= 15 is 0 Å². The van der Waals surface area contributed by atoms with Crippen molar-refractivity contribution in [2.75, 3.05) is 13.1 Å². The molecule has 150 valence electrons. The van der Waals surface area contributed by atoms with E-state index in [1.807, 2.05) is 35.2 Å². The van der Waals surface area contributed by atoms with Crippen LogP contribution in [0.5, 0.6) is 0 Å². The Labute approximate surface area is 174 Å². The van der Waals surface area contributed by atoms with Gasteiger partial charge >= 0.3 is 0 Å². The fourth-order valence-electron chi connectivity index (χ4n) is 3.85. The van der Waals surface area contributed by atoms with Crippen molar-refractivity contribution in [3.05, 3.63) is 60.2 Å². The summed E-state index contributed by atoms with van der Waals surface area (Å²) in [6, 6.07) is 11.6. The van der Waals surface area contributed by atoms with E-state index in [-0.39, 0.29) is 5.91 Å². The molecule has 1 saturated heterocycles. The fourth-order valence-corrected chi connectivity index (χ4v) is 4.64. The number of benzene rings is 1. The van der Waals surface area contributed by atoms with Gasteiger partial charge in [0.05, 0.1) is 11.4 Å². The molecule has 0 spiro atoms. The van der Waals surface area contributed by atoms with Crippen molar-refractivity contribution in [1.82, 2.24) is 29.9 Å². The summed E-state index contributed by atoms with van der Waals surface area (Å²) in [6.07, 6.45) is 4.57. The molecule has 1 aromatic carbocycles. The smallest absolute Gasteiger partial charge is 0.276 e. The molecule has 1 amide bonds. The third-order valence-corrected chi connectivity index (χ3v) is 5.89. The van der Waals surface area contributed by atoms with Gasteiger partial charge in [0, 0.05) is 31.2 Å². The average Bonchev–Trinajstić information content (AvgIpc) is 3.16. The van der Waals surface area contributed by atoms with Crippen molar-refractivity contribution in [3.8, 4) is 5.69 Å². The van der Waals surface area contributed by atoms with Crippen molar-refractivity contribution in [2.24, 2.45) is 11.8 Å². The number of aromatic nitrogens is 5.